The predicted octanol–water partition coefficient (Wildman–Crippen LogP) is 2.83. The van der Waals surface area contributed by atoms with E-state index in [1.807, 2.05) is 16.7 Å². The van der Waals surface area contributed by atoms with Crippen molar-refractivity contribution >= 4 is 23.2 Å². The molecule has 1 atom stereocenters. The van der Waals surface area contributed by atoms with Crippen molar-refractivity contribution < 1.29 is 27.2 Å². The number of piperazine rings is 1. The molecule has 0 aliphatic carbocycles. The van der Waals surface area contributed by atoms with E-state index in [1.165, 1.54) is 12.1 Å². The number of rotatable bonds is 6. The monoisotopic (exact) mass is 438 g/mol. The Morgan fingerprint density at radius 3 is 1.84 bits per heavy atom. The van der Waals surface area contributed by atoms with Crippen LogP contribution in [0.4, 0.5) is 28.9 Å². The molecule has 1 aliphatic rings. The SMILES string of the molecule is CC1CN(CC(=O)Nc2ccc(F)c(F)c2)CCN1CC(=O)Nc1ccc(F)c(F)c1. The summed E-state index contributed by atoms with van der Waals surface area (Å²) in [7, 11) is 0. The normalized spacial score (nSPS) is 17.4. The van der Waals surface area contributed by atoms with Gasteiger partial charge in [0.2, 0.25) is 11.8 Å². The fourth-order valence-electron chi connectivity index (χ4n) is 3.39. The average Bonchev–Trinajstić information content (AvgIpc) is 2.70. The Morgan fingerprint density at radius 1 is 0.839 bits per heavy atom. The molecule has 1 aliphatic heterocycles. The minimum absolute atomic E-state index is 0.0412. The van der Waals surface area contributed by atoms with Gasteiger partial charge in [0.1, 0.15) is 0 Å². The molecule has 2 aromatic rings. The van der Waals surface area contributed by atoms with Crippen molar-refractivity contribution in [2.75, 3.05) is 43.4 Å². The van der Waals surface area contributed by atoms with E-state index in [9.17, 15) is 27.2 Å². The average molecular weight is 438 g/mol. The first-order valence-corrected chi connectivity index (χ1v) is 9.67. The summed E-state index contributed by atoms with van der Waals surface area (Å²) in [5.41, 5.74) is 0.341. The summed E-state index contributed by atoms with van der Waals surface area (Å²) in [5, 5.41) is 5.06. The lowest BCUT2D eigenvalue weighted by atomic mass is 10.2. The molecule has 2 amide bonds. The summed E-state index contributed by atoms with van der Waals surface area (Å²) in [6.45, 7) is 3.60. The molecule has 3 rings (SSSR count). The highest BCUT2D eigenvalue weighted by Gasteiger charge is 2.26. The topological polar surface area (TPSA) is 64.7 Å². The largest absolute Gasteiger partial charge is 0.325 e. The molecular formula is C21H22F4N4O2. The maximum absolute atomic E-state index is 13.3. The molecule has 6 nitrogen and oxygen atoms in total. The summed E-state index contributed by atoms with van der Waals surface area (Å²) in [5.74, 6) is -4.78. The second-order valence-corrected chi connectivity index (χ2v) is 7.41. The Labute approximate surface area is 176 Å². The van der Waals surface area contributed by atoms with Crippen LogP contribution in [0, 0.1) is 23.3 Å². The minimum Gasteiger partial charge on any atom is -0.325 e. The van der Waals surface area contributed by atoms with Gasteiger partial charge in [-0.3, -0.25) is 19.4 Å². The van der Waals surface area contributed by atoms with Crippen LogP contribution in [0.5, 0.6) is 0 Å². The number of anilines is 2. The number of halogens is 4. The zero-order chi connectivity index (χ0) is 22.5. The quantitative estimate of drug-likeness (QED) is 0.681. The zero-order valence-electron chi connectivity index (χ0n) is 16.8. The van der Waals surface area contributed by atoms with Gasteiger partial charge in [0.25, 0.3) is 0 Å². The summed E-state index contributed by atoms with van der Waals surface area (Å²) in [6, 6.07) is 6.24. The lowest BCUT2D eigenvalue weighted by Crippen LogP contribution is -2.54. The van der Waals surface area contributed by atoms with Crippen molar-refractivity contribution in [3.63, 3.8) is 0 Å². The van der Waals surface area contributed by atoms with Crippen LogP contribution >= 0.6 is 0 Å². The number of carbonyl (C=O) groups excluding carboxylic acids is 2. The van der Waals surface area contributed by atoms with E-state index in [1.54, 1.807) is 0 Å². The minimum atomic E-state index is -1.04. The lowest BCUT2D eigenvalue weighted by Gasteiger charge is -2.39. The van der Waals surface area contributed by atoms with Gasteiger partial charge >= 0.3 is 0 Å². The van der Waals surface area contributed by atoms with E-state index in [0.717, 1.165) is 24.3 Å². The van der Waals surface area contributed by atoms with Gasteiger partial charge < -0.3 is 10.6 Å². The Hall–Kier alpha value is -2.98. The van der Waals surface area contributed by atoms with Crippen molar-refractivity contribution in [1.29, 1.82) is 0 Å². The third kappa shape index (κ3) is 6.25. The molecule has 2 aromatic carbocycles. The predicted molar refractivity (Wildman–Crippen MR) is 107 cm³/mol. The summed E-state index contributed by atoms with van der Waals surface area (Å²) in [6.07, 6.45) is 0. The van der Waals surface area contributed by atoms with Crippen LogP contribution in [0.15, 0.2) is 36.4 Å². The lowest BCUT2D eigenvalue weighted by molar-refractivity contribution is -0.120. The maximum atomic E-state index is 13.3. The molecule has 1 saturated heterocycles. The summed E-state index contributed by atoms with van der Waals surface area (Å²) >= 11 is 0. The van der Waals surface area contributed by atoms with Crippen molar-refractivity contribution in [2.24, 2.45) is 0 Å². The Morgan fingerprint density at radius 2 is 1.35 bits per heavy atom. The fourth-order valence-corrected chi connectivity index (χ4v) is 3.39. The molecule has 2 N–H and O–H groups in total. The molecule has 0 aromatic heterocycles. The summed E-state index contributed by atoms with van der Waals surface area (Å²) in [4.78, 5) is 28.2. The van der Waals surface area contributed by atoms with Gasteiger partial charge in [-0.15, -0.1) is 0 Å². The molecule has 0 spiro atoms. The van der Waals surface area contributed by atoms with Crippen LogP contribution in [0.3, 0.4) is 0 Å². The highest BCUT2D eigenvalue weighted by atomic mass is 19.2. The molecule has 0 bridgehead atoms. The van der Waals surface area contributed by atoms with Gasteiger partial charge in [-0.25, -0.2) is 17.6 Å². The smallest absolute Gasteiger partial charge is 0.238 e. The first kappa shape index (κ1) is 22.7. The highest BCUT2D eigenvalue weighted by molar-refractivity contribution is 5.92. The van der Waals surface area contributed by atoms with Crippen molar-refractivity contribution in [3.05, 3.63) is 59.7 Å². The van der Waals surface area contributed by atoms with Gasteiger partial charge in [-0.05, 0) is 31.2 Å². The number of hydrogen-bond donors (Lipinski definition) is 2. The van der Waals surface area contributed by atoms with Crippen LogP contribution in [-0.2, 0) is 9.59 Å². The molecule has 1 fully saturated rings. The molecule has 1 unspecified atom stereocenters. The molecule has 1 heterocycles. The van der Waals surface area contributed by atoms with E-state index >= 15 is 0 Å². The number of benzene rings is 2. The number of hydrogen-bond acceptors (Lipinski definition) is 4. The zero-order valence-corrected chi connectivity index (χ0v) is 16.8. The first-order chi connectivity index (χ1) is 14.7. The first-order valence-electron chi connectivity index (χ1n) is 9.67. The van der Waals surface area contributed by atoms with E-state index in [2.05, 4.69) is 10.6 Å². The van der Waals surface area contributed by atoms with Gasteiger partial charge in [-0.2, -0.15) is 0 Å². The highest BCUT2D eigenvalue weighted by Crippen LogP contribution is 2.15. The van der Waals surface area contributed by atoms with Crippen molar-refractivity contribution in [1.82, 2.24) is 9.80 Å². The van der Waals surface area contributed by atoms with Crippen LogP contribution < -0.4 is 10.6 Å². The third-order valence-electron chi connectivity index (χ3n) is 4.97. The Balaban J connectivity index is 1.46. The molecule has 31 heavy (non-hydrogen) atoms. The van der Waals surface area contributed by atoms with Gasteiger partial charge in [0.15, 0.2) is 23.3 Å². The third-order valence-corrected chi connectivity index (χ3v) is 4.97. The Bertz CT molecular complexity index is 972. The number of nitrogens with one attached hydrogen (secondary N) is 2. The van der Waals surface area contributed by atoms with Crippen LogP contribution in [0.2, 0.25) is 0 Å². The Kier molecular flexibility index (Phi) is 7.24. The molecule has 10 heteroatoms. The second-order valence-electron chi connectivity index (χ2n) is 7.41. The van der Waals surface area contributed by atoms with E-state index < -0.39 is 23.3 Å². The van der Waals surface area contributed by atoms with E-state index in [-0.39, 0.29) is 42.3 Å². The van der Waals surface area contributed by atoms with Gasteiger partial charge in [-0.1, -0.05) is 0 Å². The fraction of sp³-hybridized carbons (Fsp3) is 0.333. The number of nitrogens with zero attached hydrogens (tertiary/aromatic N) is 2. The second kappa shape index (κ2) is 9.88. The van der Waals surface area contributed by atoms with E-state index in [4.69, 9.17) is 0 Å². The number of carbonyl (C=O) groups is 2. The van der Waals surface area contributed by atoms with Crippen molar-refractivity contribution in [2.45, 2.75) is 13.0 Å². The molecule has 0 saturated carbocycles. The summed E-state index contributed by atoms with van der Waals surface area (Å²) < 4.78 is 52.5. The van der Waals surface area contributed by atoms with Crippen LogP contribution in [-0.4, -0.2) is 60.4 Å². The van der Waals surface area contributed by atoms with Crippen LogP contribution in [0.25, 0.3) is 0 Å². The van der Waals surface area contributed by atoms with Gasteiger partial charge in [0.05, 0.1) is 13.1 Å². The molecule has 0 radical (unpaired) electrons. The van der Waals surface area contributed by atoms with Gasteiger partial charge in [0, 0.05) is 49.2 Å². The maximum Gasteiger partial charge on any atom is 0.238 e. The standard InChI is InChI=1S/C21H22F4N4O2/c1-13-10-28(11-20(30)26-14-2-4-16(22)18(24)8-14)6-7-29(13)12-21(31)27-15-3-5-17(23)19(25)9-15/h2-5,8-9,13H,6-7,10-12H2,1H3,(H,26,30)(H,27,31). The molecular weight excluding hydrogens is 416 g/mol. The van der Waals surface area contributed by atoms with Crippen molar-refractivity contribution in [3.8, 4) is 0 Å². The van der Waals surface area contributed by atoms with E-state index in [0.29, 0.717) is 19.6 Å². The molecule has 166 valence electrons. The van der Waals surface area contributed by atoms with Crippen LogP contribution in [0.1, 0.15) is 6.92 Å². The number of amides is 2.